The molecular weight excluding hydrogens is 268 g/mol. The van der Waals surface area contributed by atoms with Crippen molar-refractivity contribution < 1.29 is 9.47 Å². The molecule has 4 rings (SSSR count). The molecule has 4 heterocycles. The Labute approximate surface area is 123 Å². The first-order valence-electron chi connectivity index (χ1n) is 7.31. The van der Waals surface area contributed by atoms with Gasteiger partial charge in [-0.05, 0) is 5.41 Å². The van der Waals surface area contributed by atoms with Crippen LogP contribution in [0.1, 0.15) is 26.3 Å². The van der Waals surface area contributed by atoms with Crippen LogP contribution >= 0.6 is 0 Å². The van der Waals surface area contributed by atoms with Gasteiger partial charge < -0.3 is 14.4 Å². The number of fused-ring (bicyclic) bond motifs is 3. The summed E-state index contributed by atoms with van der Waals surface area (Å²) in [5.41, 5.74) is 2.05. The minimum atomic E-state index is 0.0100. The van der Waals surface area contributed by atoms with E-state index in [1.54, 1.807) is 0 Å². The van der Waals surface area contributed by atoms with Gasteiger partial charge in [-0.25, -0.2) is 9.50 Å². The fourth-order valence-corrected chi connectivity index (χ4v) is 3.07. The largest absolute Gasteiger partial charge is 0.480 e. The van der Waals surface area contributed by atoms with Crippen LogP contribution < -0.4 is 9.64 Å². The van der Waals surface area contributed by atoms with Crippen LogP contribution in [0.4, 0.5) is 5.82 Å². The average Bonchev–Trinajstić information content (AvgIpc) is 3.02. The van der Waals surface area contributed by atoms with Gasteiger partial charge >= 0.3 is 0 Å². The number of hydrogen-bond acceptors (Lipinski definition) is 5. The van der Waals surface area contributed by atoms with Gasteiger partial charge in [-0.2, -0.15) is 5.10 Å². The lowest BCUT2D eigenvalue weighted by molar-refractivity contribution is 0.136. The molecule has 2 atom stereocenters. The molecule has 2 unspecified atom stereocenters. The molecular formula is C15H20N4O2. The lowest BCUT2D eigenvalue weighted by Crippen LogP contribution is -2.47. The highest BCUT2D eigenvalue weighted by molar-refractivity contribution is 5.62. The Hall–Kier alpha value is -1.82. The highest BCUT2D eigenvalue weighted by Gasteiger charge is 2.40. The maximum absolute atomic E-state index is 6.04. The van der Waals surface area contributed by atoms with Gasteiger partial charge in [0.2, 0.25) is 0 Å². The van der Waals surface area contributed by atoms with Gasteiger partial charge in [0.15, 0.2) is 17.2 Å². The Morgan fingerprint density at radius 3 is 2.86 bits per heavy atom. The minimum absolute atomic E-state index is 0.0100. The zero-order valence-corrected chi connectivity index (χ0v) is 12.8. The van der Waals surface area contributed by atoms with Gasteiger partial charge in [-0.15, -0.1) is 0 Å². The van der Waals surface area contributed by atoms with Crippen LogP contribution in [0.25, 0.3) is 5.65 Å². The summed E-state index contributed by atoms with van der Waals surface area (Å²) in [6.45, 7) is 7.85. The van der Waals surface area contributed by atoms with Crippen molar-refractivity contribution >= 4 is 11.5 Å². The van der Waals surface area contributed by atoms with Crippen LogP contribution in [0.5, 0.6) is 5.75 Å². The Morgan fingerprint density at radius 1 is 1.29 bits per heavy atom. The smallest absolute Gasteiger partial charge is 0.180 e. The maximum atomic E-state index is 6.04. The summed E-state index contributed by atoms with van der Waals surface area (Å²) in [5, 5.41) is 4.43. The second-order valence-electron chi connectivity index (χ2n) is 6.88. The molecule has 0 saturated carbocycles. The molecule has 0 spiro atoms. The summed E-state index contributed by atoms with van der Waals surface area (Å²) in [7, 11) is 2.06. The Kier molecular flexibility index (Phi) is 2.52. The van der Waals surface area contributed by atoms with Crippen LogP contribution in [-0.2, 0) is 10.2 Å². The topological polar surface area (TPSA) is 51.9 Å². The number of ether oxygens (including phenoxy) is 2. The quantitative estimate of drug-likeness (QED) is 0.737. The predicted octanol–water partition coefficient (Wildman–Crippen LogP) is 1.62. The zero-order chi connectivity index (χ0) is 14.8. The SMILES string of the molecule is CN1c2nc3c(C(C)(C)C)cnn3cc2OC2COCC21. The summed E-state index contributed by atoms with van der Waals surface area (Å²) in [5.74, 6) is 1.65. The number of hydrogen-bond donors (Lipinski definition) is 0. The number of rotatable bonds is 0. The second kappa shape index (κ2) is 4.10. The van der Waals surface area contributed by atoms with Crippen molar-refractivity contribution in [1.29, 1.82) is 0 Å². The molecule has 1 saturated heterocycles. The van der Waals surface area contributed by atoms with E-state index < -0.39 is 0 Å². The van der Waals surface area contributed by atoms with Crippen LogP contribution in [0.15, 0.2) is 12.4 Å². The monoisotopic (exact) mass is 288 g/mol. The minimum Gasteiger partial charge on any atom is -0.480 e. The van der Waals surface area contributed by atoms with E-state index >= 15 is 0 Å². The van der Waals surface area contributed by atoms with Crippen LogP contribution in [0, 0.1) is 0 Å². The van der Waals surface area contributed by atoms with Gasteiger partial charge in [0.05, 0.1) is 31.6 Å². The van der Waals surface area contributed by atoms with Crippen molar-refractivity contribution in [3.63, 3.8) is 0 Å². The first kappa shape index (κ1) is 12.9. The van der Waals surface area contributed by atoms with Crippen molar-refractivity contribution in [3.8, 4) is 5.75 Å². The van der Waals surface area contributed by atoms with Gasteiger partial charge in [0.1, 0.15) is 6.10 Å². The number of anilines is 1. The van der Waals surface area contributed by atoms with Crippen LogP contribution in [0.3, 0.4) is 0 Å². The molecule has 0 aromatic carbocycles. The van der Waals surface area contributed by atoms with E-state index in [1.165, 1.54) is 0 Å². The summed E-state index contributed by atoms with van der Waals surface area (Å²) in [6, 6.07) is 0.244. The van der Waals surface area contributed by atoms with E-state index in [0.717, 1.165) is 22.8 Å². The van der Waals surface area contributed by atoms with Crippen molar-refractivity contribution in [2.24, 2.45) is 0 Å². The van der Waals surface area contributed by atoms with E-state index in [-0.39, 0.29) is 17.6 Å². The number of nitrogens with zero attached hydrogens (tertiary/aromatic N) is 4. The highest BCUT2D eigenvalue weighted by atomic mass is 16.6. The summed E-state index contributed by atoms with van der Waals surface area (Å²) in [4.78, 5) is 7.01. The summed E-state index contributed by atoms with van der Waals surface area (Å²) < 4.78 is 13.4. The maximum Gasteiger partial charge on any atom is 0.180 e. The predicted molar refractivity (Wildman–Crippen MR) is 79.1 cm³/mol. The van der Waals surface area contributed by atoms with E-state index in [2.05, 4.69) is 37.8 Å². The molecule has 6 heteroatoms. The molecule has 0 radical (unpaired) electrons. The van der Waals surface area contributed by atoms with Crippen molar-refractivity contribution in [3.05, 3.63) is 18.0 Å². The molecule has 2 aromatic rings. The first-order chi connectivity index (χ1) is 9.95. The molecule has 112 valence electrons. The number of likely N-dealkylation sites (N-methyl/N-ethyl adjacent to an activating group) is 1. The third-order valence-corrected chi connectivity index (χ3v) is 4.36. The molecule has 0 amide bonds. The Morgan fingerprint density at radius 2 is 2.10 bits per heavy atom. The average molecular weight is 288 g/mol. The zero-order valence-electron chi connectivity index (χ0n) is 12.8. The molecule has 0 aliphatic carbocycles. The van der Waals surface area contributed by atoms with Crippen molar-refractivity contribution in [1.82, 2.24) is 14.6 Å². The van der Waals surface area contributed by atoms with Crippen molar-refractivity contribution in [2.75, 3.05) is 25.2 Å². The lowest BCUT2D eigenvalue weighted by atomic mass is 9.89. The van der Waals surface area contributed by atoms with E-state index in [0.29, 0.717) is 13.2 Å². The highest BCUT2D eigenvalue weighted by Crippen LogP contribution is 2.37. The van der Waals surface area contributed by atoms with E-state index in [9.17, 15) is 0 Å². The third kappa shape index (κ3) is 1.82. The van der Waals surface area contributed by atoms with E-state index in [4.69, 9.17) is 14.5 Å². The van der Waals surface area contributed by atoms with Crippen LogP contribution in [-0.4, -0.2) is 47.0 Å². The molecule has 2 aromatic heterocycles. The second-order valence-corrected chi connectivity index (χ2v) is 6.88. The summed E-state index contributed by atoms with van der Waals surface area (Å²) in [6.07, 6.45) is 3.91. The first-order valence-corrected chi connectivity index (χ1v) is 7.31. The molecule has 1 fully saturated rings. The van der Waals surface area contributed by atoms with Crippen molar-refractivity contribution in [2.45, 2.75) is 38.3 Å². The molecule has 6 nitrogen and oxygen atoms in total. The lowest BCUT2D eigenvalue weighted by Gasteiger charge is -2.35. The van der Waals surface area contributed by atoms with Gasteiger partial charge in [-0.1, -0.05) is 20.8 Å². The summed E-state index contributed by atoms with van der Waals surface area (Å²) >= 11 is 0. The fourth-order valence-electron chi connectivity index (χ4n) is 3.07. The van der Waals surface area contributed by atoms with E-state index in [1.807, 2.05) is 16.9 Å². The molecule has 0 N–H and O–H groups in total. The Bertz CT molecular complexity index is 703. The third-order valence-electron chi connectivity index (χ3n) is 4.36. The Balaban J connectivity index is 1.88. The molecule has 21 heavy (non-hydrogen) atoms. The molecule has 2 aliphatic heterocycles. The van der Waals surface area contributed by atoms with Gasteiger partial charge in [0, 0.05) is 12.6 Å². The van der Waals surface area contributed by atoms with Crippen LogP contribution in [0.2, 0.25) is 0 Å². The molecule has 2 aliphatic rings. The van der Waals surface area contributed by atoms with Gasteiger partial charge in [0.25, 0.3) is 0 Å². The van der Waals surface area contributed by atoms with Gasteiger partial charge in [-0.3, -0.25) is 0 Å². The number of aromatic nitrogens is 3. The fraction of sp³-hybridized carbons (Fsp3) is 0.600. The normalized spacial score (nSPS) is 24.9. The standard InChI is InChI=1S/C15H20N4O2/c1-15(2,3)9-5-16-19-6-11-14(17-13(9)19)18(4)10-7-20-8-12(10)21-11/h5-6,10,12H,7-8H2,1-4H3. The molecule has 0 bridgehead atoms.